The van der Waals surface area contributed by atoms with E-state index in [0.29, 0.717) is 23.4 Å². The van der Waals surface area contributed by atoms with Crippen molar-refractivity contribution in [3.63, 3.8) is 0 Å². The van der Waals surface area contributed by atoms with E-state index >= 15 is 0 Å². The van der Waals surface area contributed by atoms with Gasteiger partial charge in [0, 0.05) is 11.7 Å². The molecule has 0 spiro atoms. The highest BCUT2D eigenvalue weighted by molar-refractivity contribution is 5.95. The number of esters is 1. The van der Waals surface area contributed by atoms with Gasteiger partial charge in [0.1, 0.15) is 0 Å². The van der Waals surface area contributed by atoms with Crippen LogP contribution in [0.4, 0.5) is 0 Å². The molecule has 1 aromatic heterocycles. The van der Waals surface area contributed by atoms with Gasteiger partial charge >= 0.3 is 5.97 Å². The van der Waals surface area contributed by atoms with Gasteiger partial charge in [0.05, 0.1) is 30.8 Å². The Bertz CT molecular complexity index is 677. The van der Waals surface area contributed by atoms with Gasteiger partial charge < -0.3 is 10.1 Å². The summed E-state index contributed by atoms with van der Waals surface area (Å²) in [4.78, 5) is 25.1. The van der Waals surface area contributed by atoms with E-state index in [2.05, 4.69) is 10.4 Å². The second-order valence-corrected chi connectivity index (χ2v) is 7.91. The molecule has 4 atom stereocenters. The Morgan fingerprint density at radius 1 is 1.20 bits per heavy atom. The monoisotopic (exact) mass is 345 g/mol. The van der Waals surface area contributed by atoms with E-state index in [1.165, 1.54) is 20.0 Å². The molecular weight excluding hydrogens is 318 g/mol. The minimum Gasteiger partial charge on any atom is -0.469 e. The molecule has 0 saturated heterocycles. The third-order valence-corrected chi connectivity index (χ3v) is 6.65. The molecule has 4 rings (SSSR count). The van der Waals surface area contributed by atoms with Gasteiger partial charge in [-0.25, -0.2) is 0 Å². The normalized spacial score (nSPS) is 31.4. The molecule has 1 heterocycles. The van der Waals surface area contributed by atoms with Crippen LogP contribution in [-0.2, 0) is 9.53 Å². The quantitative estimate of drug-likeness (QED) is 0.852. The van der Waals surface area contributed by atoms with E-state index in [9.17, 15) is 9.59 Å². The minimum absolute atomic E-state index is 0.104. The molecule has 136 valence electrons. The van der Waals surface area contributed by atoms with Crippen molar-refractivity contribution in [2.75, 3.05) is 7.11 Å². The smallest absolute Gasteiger partial charge is 0.311 e. The van der Waals surface area contributed by atoms with Crippen LogP contribution in [0.25, 0.3) is 0 Å². The largest absolute Gasteiger partial charge is 0.469 e. The predicted molar refractivity (Wildman–Crippen MR) is 92.1 cm³/mol. The molecule has 1 N–H and O–H groups in total. The zero-order valence-corrected chi connectivity index (χ0v) is 15.0. The van der Waals surface area contributed by atoms with E-state index in [4.69, 9.17) is 4.74 Å². The Morgan fingerprint density at radius 3 is 2.64 bits per heavy atom. The molecule has 2 bridgehead atoms. The number of nitrogens with zero attached hydrogens (tertiary/aromatic N) is 2. The molecule has 0 aliphatic heterocycles. The Balaban J connectivity index is 1.51. The van der Waals surface area contributed by atoms with Gasteiger partial charge in [0.2, 0.25) is 0 Å². The number of aromatic nitrogens is 2. The number of fused-ring (bicyclic) bond motifs is 2. The number of hydrogen-bond acceptors (Lipinski definition) is 4. The van der Waals surface area contributed by atoms with Gasteiger partial charge in [-0.05, 0) is 50.9 Å². The molecule has 3 saturated carbocycles. The number of carbonyl (C=O) groups is 2. The van der Waals surface area contributed by atoms with Gasteiger partial charge in [0.15, 0.2) is 0 Å². The standard InChI is InChI=1S/C19H27N3O3/c1-11-15(10-20-22(11)14-5-3-4-6-14)18(23)21-17-13-8-7-12(9-13)16(17)19(24)25-2/h10,12-14,16-17H,3-9H2,1-2H3,(H,21,23). The zero-order valence-electron chi connectivity index (χ0n) is 15.0. The third kappa shape index (κ3) is 2.75. The minimum atomic E-state index is -0.196. The lowest BCUT2D eigenvalue weighted by Gasteiger charge is -2.29. The fraction of sp³-hybridized carbons (Fsp3) is 0.737. The summed E-state index contributed by atoms with van der Waals surface area (Å²) < 4.78 is 7.01. The molecule has 3 aliphatic carbocycles. The van der Waals surface area contributed by atoms with Crippen molar-refractivity contribution >= 4 is 11.9 Å². The van der Waals surface area contributed by atoms with Crippen molar-refractivity contribution in [2.24, 2.45) is 17.8 Å². The summed E-state index contributed by atoms with van der Waals surface area (Å²) in [5, 5.41) is 7.62. The van der Waals surface area contributed by atoms with Gasteiger partial charge in [-0.1, -0.05) is 12.8 Å². The summed E-state index contributed by atoms with van der Waals surface area (Å²) >= 11 is 0. The molecule has 1 amide bonds. The highest BCUT2D eigenvalue weighted by Crippen LogP contribution is 2.49. The number of ether oxygens (including phenoxy) is 1. The Labute approximate surface area is 148 Å². The average Bonchev–Trinajstić information content (AvgIpc) is 3.37. The van der Waals surface area contributed by atoms with Crippen LogP contribution in [0.5, 0.6) is 0 Å². The number of amides is 1. The third-order valence-electron chi connectivity index (χ3n) is 6.65. The number of rotatable bonds is 4. The first kappa shape index (κ1) is 16.6. The summed E-state index contributed by atoms with van der Waals surface area (Å²) in [7, 11) is 1.43. The van der Waals surface area contributed by atoms with Crippen molar-refractivity contribution in [1.29, 1.82) is 0 Å². The SMILES string of the molecule is COC(=O)C1C2CCC(C2)C1NC(=O)c1cnn(C2CCCC2)c1C. The first-order valence-corrected chi connectivity index (χ1v) is 9.53. The zero-order chi connectivity index (χ0) is 17.6. The van der Waals surface area contributed by atoms with E-state index in [1.54, 1.807) is 6.20 Å². The predicted octanol–water partition coefficient (Wildman–Crippen LogP) is 2.62. The van der Waals surface area contributed by atoms with Crippen LogP contribution in [-0.4, -0.2) is 34.8 Å². The van der Waals surface area contributed by atoms with Crippen LogP contribution in [0.1, 0.15) is 67.0 Å². The molecule has 3 fully saturated rings. The maximum absolute atomic E-state index is 12.9. The van der Waals surface area contributed by atoms with Crippen molar-refractivity contribution < 1.29 is 14.3 Å². The first-order chi connectivity index (χ1) is 12.1. The molecule has 1 aromatic rings. The number of nitrogens with one attached hydrogen (secondary N) is 1. The lowest BCUT2D eigenvalue weighted by atomic mass is 9.84. The molecule has 0 aromatic carbocycles. The van der Waals surface area contributed by atoms with Crippen LogP contribution in [0, 0.1) is 24.7 Å². The van der Waals surface area contributed by atoms with Crippen LogP contribution in [0.15, 0.2) is 6.20 Å². The molecular formula is C19H27N3O3. The summed E-state index contributed by atoms with van der Waals surface area (Å²) in [6.07, 6.45) is 9.60. The van der Waals surface area contributed by atoms with Crippen LogP contribution in [0.3, 0.4) is 0 Å². The van der Waals surface area contributed by atoms with Gasteiger partial charge in [-0.2, -0.15) is 5.10 Å². The van der Waals surface area contributed by atoms with Crippen molar-refractivity contribution in [2.45, 2.75) is 64.0 Å². The second-order valence-electron chi connectivity index (χ2n) is 7.91. The molecule has 25 heavy (non-hydrogen) atoms. The van der Waals surface area contributed by atoms with Crippen LogP contribution >= 0.6 is 0 Å². The summed E-state index contributed by atoms with van der Waals surface area (Å²) in [5.74, 6) is 0.259. The Hall–Kier alpha value is -1.85. The summed E-state index contributed by atoms with van der Waals surface area (Å²) in [5.41, 5.74) is 1.57. The second kappa shape index (κ2) is 6.46. The van der Waals surface area contributed by atoms with Gasteiger partial charge in [-0.15, -0.1) is 0 Å². The topological polar surface area (TPSA) is 73.2 Å². The van der Waals surface area contributed by atoms with Gasteiger partial charge in [-0.3, -0.25) is 14.3 Å². The Kier molecular flexibility index (Phi) is 4.29. The van der Waals surface area contributed by atoms with Crippen LogP contribution in [0.2, 0.25) is 0 Å². The molecule has 4 unspecified atom stereocenters. The van der Waals surface area contributed by atoms with Crippen molar-refractivity contribution in [1.82, 2.24) is 15.1 Å². The van der Waals surface area contributed by atoms with E-state index in [-0.39, 0.29) is 23.8 Å². The van der Waals surface area contributed by atoms with Crippen molar-refractivity contribution in [3.05, 3.63) is 17.5 Å². The van der Waals surface area contributed by atoms with Crippen LogP contribution < -0.4 is 5.32 Å². The lowest BCUT2D eigenvalue weighted by Crippen LogP contribution is -2.47. The van der Waals surface area contributed by atoms with Gasteiger partial charge in [0.25, 0.3) is 5.91 Å². The number of hydrogen-bond donors (Lipinski definition) is 1. The fourth-order valence-corrected chi connectivity index (χ4v) is 5.37. The highest BCUT2D eigenvalue weighted by Gasteiger charge is 2.52. The first-order valence-electron chi connectivity index (χ1n) is 9.53. The maximum atomic E-state index is 12.9. The van der Waals surface area contributed by atoms with Crippen molar-refractivity contribution in [3.8, 4) is 0 Å². The summed E-state index contributed by atoms with van der Waals surface area (Å²) in [6.45, 7) is 1.97. The molecule has 0 radical (unpaired) electrons. The summed E-state index contributed by atoms with van der Waals surface area (Å²) in [6, 6.07) is 0.319. The average molecular weight is 345 g/mol. The lowest BCUT2D eigenvalue weighted by molar-refractivity contribution is -0.148. The van der Waals surface area contributed by atoms with E-state index < -0.39 is 0 Å². The number of carbonyl (C=O) groups excluding carboxylic acids is 2. The maximum Gasteiger partial charge on any atom is 0.311 e. The number of methoxy groups -OCH3 is 1. The Morgan fingerprint density at radius 2 is 1.92 bits per heavy atom. The highest BCUT2D eigenvalue weighted by atomic mass is 16.5. The van der Waals surface area contributed by atoms with E-state index in [1.807, 2.05) is 11.6 Å². The molecule has 6 heteroatoms. The molecule has 6 nitrogen and oxygen atoms in total. The van der Waals surface area contributed by atoms with E-state index in [0.717, 1.165) is 37.8 Å². The fourth-order valence-electron chi connectivity index (χ4n) is 5.37. The molecule has 3 aliphatic rings.